The van der Waals surface area contributed by atoms with Crippen LogP contribution in [0.5, 0.6) is 0 Å². The molecule has 0 N–H and O–H groups in total. The van der Waals surface area contributed by atoms with Gasteiger partial charge >= 0.3 is 0 Å². The zero-order valence-electron chi connectivity index (χ0n) is 29.5. The summed E-state index contributed by atoms with van der Waals surface area (Å²) in [6.07, 6.45) is 0. The van der Waals surface area contributed by atoms with E-state index in [0.717, 1.165) is 0 Å². The molecule has 0 amide bonds. The molecule has 0 unspecified atom stereocenters. The second-order valence-corrected chi connectivity index (χ2v) is 23.5. The first-order chi connectivity index (χ1) is 26.3. The van der Waals surface area contributed by atoms with E-state index in [1.54, 1.807) is 0 Å². The van der Waals surface area contributed by atoms with Gasteiger partial charge in [0, 0.05) is 87.8 Å². The molecule has 0 aliphatic heterocycles. The molecule has 10 heterocycles. The maximum absolute atomic E-state index is 2.39. The smallest absolute Gasteiger partial charge is 0.0478 e. The molecule has 0 bridgehead atoms. The monoisotopic (exact) mass is 878 g/mol. The molecule has 10 rings (SSSR count). The van der Waals surface area contributed by atoms with Gasteiger partial charge in [-0.3, -0.25) is 0 Å². The van der Waals surface area contributed by atoms with Gasteiger partial charge < -0.3 is 0 Å². The minimum Gasteiger partial charge on any atom is -0.143 e. The van der Waals surface area contributed by atoms with Gasteiger partial charge in [0.15, 0.2) is 0 Å². The van der Waals surface area contributed by atoms with Crippen molar-refractivity contribution in [3.8, 4) is 87.8 Å². The maximum atomic E-state index is 2.39. The van der Waals surface area contributed by atoms with Gasteiger partial charge in [-0.2, -0.15) is 0 Å². The minimum atomic E-state index is 1.34. The van der Waals surface area contributed by atoms with Crippen LogP contribution < -0.4 is 0 Å². The Hall–Kier alpha value is -3.00. The van der Waals surface area contributed by atoms with E-state index in [2.05, 4.69) is 136 Å². The highest BCUT2D eigenvalue weighted by molar-refractivity contribution is 7.32. The molecule has 0 nitrogen and oxygen atoms in total. The van der Waals surface area contributed by atoms with Crippen molar-refractivity contribution >= 4 is 113 Å². The zero-order valence-corrected chi connectivity index (χ0v) is 37.6. The molecule has 54 heavy (non-hydrogen) atoms. The first-order valence-electron chi connectivity index (χ1n) is 17.3. The molecule has 0 saturated carbocycles. The summed E-state index contributed by atoms with van der Waals surface area (Å²) < 4.78 is 0. The average molecular weight is 879 g/mol. The summed E-state index contributed by atoms with van der Waals surface area (Å²) in [4.78, 5) is 24.5. The Kier molecular flexibility index (Phi) is 9.51. The standard InChI is InChI=1S/C44H30S10/c1-23-17-19-45-41(23)35-13-9-31(49-35)27-5-7-29(47-27)33-11-15-37(51-33)43-25(3)21-39(53-43)40-22-26(4)44(54-40)38-16-12-34(52-38)30-8-6-28(48-30)32-10-14-36(50-32)42-24(2)18-20-46-42/h5-22H,1-4H3. The number of hydrogen-bond acceptors (Lipinski definition) is 10. The number of hydrogen-bond donors (Lipinski definition) is 0. The predicted octanol–water partition coefficient (Wildman–Crippen LogP) is 18.5. The van der Waals surface area contributed by atoms with Gasteiger partial charge in [0.25, 0.3) is 0 Å². The zero-order chi connectivity index (χ0) is 36.5. The Labute approximate surface area is 355 Å². The van der Waals surface area contributed by atoms with E-state index in [1.807, 2.05) is 113 Å². The highest BCUT2D eigenvalue weighted by Crippen LogP contribution is 2.50. The summed E-state index contributed by atoms with van der Waals surface area (Å²) in [5.41, 5.74) is 5.44. The summed E-state index contributed by atoms with van der Waals surface area (Å²) in [5.74, 6) is 0. The highest BCUT2D eigenvalue weighted by atomic mass is 32.1. The van der Waals surface area contributed by atoms with Crippen LogP contribution in [0.4, 0.5) is 0 Å². The van der Waals surface area contributed by atoms with Crippen molar-refractivity contribution in [2.24, 2.45) is 0 Å². The lowest BCUT2D eigenvalue weighted by Crippen LogP contribution is -1.67. The summed E-state index contributed by atoms with van der Waals surface area (Å²) >= 11 is 19.0. The molecule has 266 valence electrons. The van der Waals surface area contributed by atoms with E-state index < -0.39 is 0 Å². The largest absolute Gasteiger partial charge is 0.143 e. The van der Waals surface area contributed by atoms with Crippen LogP contribution in [0, 0.1) is 27.7 Å². The van der Waals surface area contributed by atoms with Gasteiger partial charge in [0.1, 0.15) is 0 Å². The van der Waals surface area contributed by atoms with Crippen molar-refractivity contribution in [1.29, 1.82) is 0 Å². The van der Waals surface area contributed by atoms with Crippen molar-refractivity contribution in [3.05, 3.63) is 130 Å². The molecule has 0 radical (unpaired) electrons. The van der Waals surface area contributed by atoms with E-state index in [4.69, 9.17) is 0 Å². The third-order valence-electron chi connectivity index (χ3n) is 9.31. The molecular formula is C44H30S10. The van der Waals surface area contributed by atoms with Gasteiger partial charge in [-0.05, 0) is 158 Å². The molecule has 0 aliphatic rings. The molecule has 0 spiro atoms. The van der Waals surface area contributed by atoms with E-state index >= 15 is 0 Å². The summed E-state index contributed by atoms with van der Waals surface area (Å²) in [5, 5.41) is 4.38. The first-order valence-corrected chi connectivity index (χ1v) is 25.5. The second kappa shape index (κ2) is 14.5. The minimum absolute atomic E-state index is 1.34. The summed E-state index contributed by atoms with van der Waals surface area (Å²) in [7, 11) is 0. The lowest BCUT2D eigenvalue weighted by atomic mass is 10.2. The summed E-state index contributed by atoms with van der Waals surface area (Å²) in [6, 6.07) is 36.8. The number of rotatable bonds is 9. The number of aryl methyl sites for hydroxylation is 4. The van der Waals surface area contributed by atoms with Gasteiger partial charge in [-0.15, -0.1) is 113 Å². The van der Waals surface area contributed by atoms with E-state index in [-0.39, 0.29) is 0 Å². The highest BCUT2D eigenvalue weighted by Gasteiger charge is 2.19. The van der Waals surface area contributed by atoms with E-state index in [1.165, 1.54) is 110 Å². The fourth-order valence-corrected chi connectivity index (χ4v) is 17.9. The Bertz CT molecular complexity index is 2700. The topological polar surface area (TPSA) is 0 Å². The molecule has 10 heteroatoms. The molecule has 10 aromatic heterocycles. The van der Waals surface area contributed by atoms with Crippen LogP contribution in [0.2, 0.25) is 0 Å². The quantitative estimate of drug-likeness (QED) is 0.136. The van der Waals surface area contributed by atoms with Crippen LogP contribution >= 0.6 is 113 Å². The molecule has 0 fully saturated rings. The average Bonchev–Trinajstić information content (AvgIpc) is 3.97. The van der Waals surface area contributed by atoms with E-state index in [0.29, 0.717) is 0 Å². The lowest BCUT2D eigenvalue weighted by molar-refractivity contribution is 1.54. The Morgan fingerprint density at radius 2 is 0.500 bits per heavy atom. The van der Waals surface area contributed by atoms with Crippen LogP contribution in [0.15, 0.2) is 108 Å². The molecule has 0 aliphatic carbocycles. The Morgan fingerprint density at radius 3 is 0.778 bits per heavy atom. The van der Waals surface area contributed by atoms with Crippen LogP contribution in [0.25, 0.3) is 87.8 Å². The van der Waals surface area contributed by atoms with Crippen LogP contribution in [0.3, 0.4) is 0 Å². The lowest BCUT2D eigenvalue weighted by Gasteiger charge is -1.95. The predicted molar refractivity (Wildman–Crippen MR) is 253 cm³/mol. The van der Waals surface area contributed by atoms with Gasteiger partial charge in [0.05, 0.1) is 0 Å². The molecule has 10 aromatic rings. The van der Waals surface area contributed by atoms with Crippen molar-refractivity contribution in [2.75, 3.05) is 0 Å². The van der Waals surface area contributed by atoms with Crippen LogP contribution in [-0.4, -0.2) is 0 Å². The maximum Gasteiger partial charge on any atom is 0.0478 e. The Morgan fingerprint density at radius 1 is 0.241 bits per heavy atom. The van der Waals surface area contributed by atoms with Gasteiger partial charge in [0.2, 0.25) is 0 Å². The van der Waals surface area contributed by atoms with Crippen molar-refractivity contribution in [2.45, 2.75) is 27.7 Å². The normalized spacial score (nSPS) is 11.7. The third-order valence-corrected chi connectivity index (χ3v) is 22.0. The first kappa shape index (κ1) is 35.4. The van der Waals surface area contributed by atoms with Crippen molar-refractivity contribution < 1.29 is 0 Å². The second-order valence-electron chi connectivity index (χ2n) is 13.1. The number of thiophene rings is 10. The fourth-order valence-electron chi connectivity index (χ4n) is 6.52. The molecule has 0 saturated heterocycles. The SMILES string of the molecule is Cc1ccsc1-c1ccc(-c2ccc(-c3ccc(-c4sc(-c5cc(C)c(-c6ccc(-c7ccc(-c8ccc(-c9sccc9C)s8)s7)s6)s5)cc4C)s3)s2)s1. The van der Waals surface area contributed by atoms with Crippen LogP contribution in [0.1, 0.15) is 22.3 Å². The molecular weight excluding hydrogens is 849 g/mol. The van der Waals surface area contributed by atoms with Crippen LogP contribution in [-0.2, 0) is 0 Å². The van der Waals surface area contributed by atoms with Crippen molar-refractivity contribution in [3.63, 3.8) is 0 Å². The van der Waals surface area contributed by atoms with Gasteiger partial charge in [-0.1, -0.05) is 0 Å². The molecule has 0 atom stereocenters. The summed E-state index contributed by atoms with van der Waals surface area (Å²) in [6.45, 7) is 8.94. The Balaban J connectivity index is 0.858. The van der Waals surface area contributed by atoms with E-state index in [9.17, 15) is 0 Å². The fraction of sp³-hybridized carbons (Fsp3) is 0.0909. The van der Waals surface area contributed by atoms with Crippen molar-refractivity contribution in [1.82, 2.24) is 0 Å². The third kappa shape index (κ3) is 6.58. The molecule has 0 aromatic carbocycles. The van der Waals surface area contributed by atoms with Gasteiger partial charge in [-0.25, -0.2) is 0 Å².